The lowest BCUT2D eigenvalue weighted by Gasteiger charge is -2.18. The van der Waals surface area contributed by atoms with Crippen LogP contribution in [0, 0.1) is 0 Å². The standard InChI is InChI=1S/C68H114O6/c1-4-7-10-13-16-19-22-25-28-29-30-31-32-33-34-35-36-37-38-41-43-46-49-52-55-58-61-67(70)73-64-65(74-68(71)62-59-56-53-50-47-44-40-27-24-21-18-15-12-9-6-3)63-72-66(69)60-57-54-51-48-45-42-39-26-23-20-17-14-11-8-5-2/h8-9,11-12,17-18,20-21,26-27,39-40,45,47-48,50,56,59,65H,4-7,10,13-16,19,22-25,28-38,41-44,46,49,51-55,57-58,60-64H2,1-3H3/b11-8-,12-9-,20-17-,21-18-,39-26-,40-27-,48-45-,50-47-,59-56-. The predicted octanol–water partition coefficient (Wildman–Crippen LogP) is 21.0. The minimum atomic E-state index is -0.851. The highest BCUT2D eigenvalue weighted by molar-refractivity contribution is 5.72. The Kier molecular flexibility index (Phi) is 58.3. The zero-order chi connectivity index (χ0) is 53.6. The Morgan fingerprint density at radius 3 is 0.892 bits per heavy atom. The number of hydrogen-bond donors (Lipinski definition) is 0. The molecule has 0 spiro atoms. The van der Waals surface area contributed by atoms with Crippen LogP contribution in [-0.4, -0.2) is 37.2 Å². The Balaban J connectivity index is 4.37. The van der Waals surface area contributed by atoms with Gasteiger partial charge in [-0.3, -0.25) is 14.4 Å². The maximum absolute atomic E-state index is 12.8. The Morgan fingerprint density at radius 1 is 0.297 bits per heavy atom. The van der Waals surface area contributed by atoms with Crippen molar-refractivity contribution in [2.24, 2.45) is 0 Å². The van der Waals surface area contributed by atoms with Crippen LogP contribution >= 0.6 is 0 Å². The molecule has 6 heteroatoms. The number of hydrogen-bond acceptors (Lipinski definition) is 6. The topological polar surface area (TPSA) is 78.9 Å². The molecule has 0 aliphatic heterocycles. The molecule has 0 aromatic heterocycles. The molecule has 0 aromatic carbocycles. The first-order valence-corrected chi connectivity index (χ1v) is 30.9. The van der Waals surface area contributed by atoms with Crippen LogP contribution in [0.1, 0.15) is 284 Å². The summed E-state index contributed by atoms with van der Waals surface area (Å²) in [6, 6.07) is 0. The quantitative estimate of drug-likeness (QED) is 0.0261. The summed E-state index contributed by atoms with van der Waals surface area (Å²) in [4.78, 5) is 38.1. The van der Waals surface area contributed by atoms with E-state index in [0.29, 0.717) is 19.3 Å². The Hall–Kier alpha value is -3.93. The van der Waals surface area contributed by atoms with Gasteiger partial charge in [0, 0.05) is 12.8 Å². The summed E-state index contributed by atoms with van der Waals surface area (Å²) < 4.78 is 16.7. The molecule has 0 bridgehead atoms. The number of allylic oxidation sites excluding steroid dienone is 17. The SMILES string of the molecule is CC/C=C\C/C=C\C/C=C\C/C=C\C/C=C\CC(=O)OC(COC(=O)CCCC/C=C\C/C=C\C/C=C\C/C=C\CC)COC(=O)CCCCCCCCCCCCCCCCCCCCCCCCCCCC. The highest BCUT2D eigenvalue weighted by Gasteiger charge is 2.19. The van der Waals surface area contributed by atoms with E-state index in [4.69, 9.17) is 14.2 Å². The van der Waals surface area contributed by atoms with E-state index < -0.39 is 12.1 Å². The molecule has 0 aliphatic carbocycles. The predicted molar refractivity (Wildman–Crippen MR) is 320 cm³/mol. The van der Waals surface area contributed by atoms with Crippen molar-refractivity contribution in [2.45, 2.75) is 290 Å². The van der Waals surface area contributed by atoms with Crippen LogP contribution in [0.2, 0.25) is 0 Å². The van der Waals surface area contributed by atoms with E-state index in [-0.39, 0.29) is 38.0 Å². The maximum Gasteiger partial charge on any atom is 0.310 e. The summed E-state index contributed by atoms with van der Waals surface area (Å²) in [6.45, 7) is 6.31. The average molecular weight is 1030 g/mol. The molecule has 6 nitrogen and oxygen atoms in total. The minimum Gasteiger partial charge on any atom is -0.462 e. The number of carbonyl (C=O) groups excluding carboxylic acids is 3. The van der Waals surface area contributed by atoms with Gasteiger partial charge in [-0.25, -0.2) is 0 Å². The van der Waals surface area contributed by atoms with Gasteiger partial charge in [0.1, 0.15) is 13.2 Å². The van der Waals surface area contributed by atoms with Crippen molar-refractivity contribution in [1.82, 2.24) is 0 Å². The Morgan fingerprint density at radius 2 is 0.568 bits per heavy atom. The van der Waals surface area contributed by atoms with Crippen LogP contribution in [0.4, 0.5) is 0 Å². The van der Waals surface area contributed by atoms with E-state index in [1.807, 2.05) is 6.08 Å². The van der Waals surface area contributed by atoms with Gasteiger partial charge in [-0.15, -0.1) is 0 Å². The summed E-state index contributed by atoms with van der Waals surface area (Å²) in [5, 5.41) is 0. The first-order chi connectivity index (χ1) is 36.5. The van der Waals surface area contributed by atoms with Gasteiger partial charge in [0.2, 0.25) is 0 Å². The van der Waals surface area contributed by atoms with E-state index >= 15 is 0 Å². The molecule has 0 N–H and O–H groups in total. The van der Waals surface area contributed by atoms with Crippen molar-refractivity contribution in [2.75, 3.05) is 13.2 Å². The molecular weight excluding hydrogens is 913 g/mol. The lowest BCUT2D eigenvalue weighted by atomic mass is 10.0. The molecular formula is C68H114O6. The summed E-state index contributed by atoms with van der Waals surface area (Å²) in [6.07, 6.45) is 84.3. The fourth-order valence-corrected chi connectivity index (χ4v) is 8.51. The molecule has 0 saturated carbocycles. The first kappa shape index (κ1) is 70.1. The third kappa shape index (κ3) is 59.0. The minimum absolute atomic E-state index is 0.0861. The van der Waals surface area contributed by atoms with Crippen molar-refractivity contribution in [1.29, 1.82) is 0 Å². The second kappa shape index (κ2) is 61.6. The van der Waals surface area contributed by atoms with E-state index in [1.165, 1.54) is 148 Å². The largest absolute Gasteiger partial charge is 0.462 e. The lowest BCUT2D eigenvalue weighted by Crippen LogP contribution is -2.30. The summed E-state index contributed by atoms with van der Waals surface area (Å²) in [5.41, 5.74) is 0. The summed E-state index contributed by atoms with van der Waals surface area (Å²) in [5.74, 6) is -1.10. The smallest absolute Gasteiger partial charge is 0.310 e. The van der Waals surface area contributed by atoms with Gasteiger partial charge in [0.05, 0.1) is 6.42 Å². The highest BCUT2D eigenvalue weighted by atomic mass is 16.6. The Bertz CT molecular complexity index is 1510. The summed E-state index contributed by atoms with van der Waals surface area (Å²) in [7, 11) is 0. The molecule has 0 amide bonds. The number of esters is 3. The van der Waals surface area contributed by atoms with Gasteiger partial charge in [0.25, 0.3) is 0 Å². The highest BCUT2D eigenvalue weighted by Crippen LogP contribution is 2.17. The lowest BCUT2D eigenvalue weighted by molar-refractivity contribution is -0.166. The van der Waals surface area contributed by atoms with Crippen molar-refractivity contribution < 1.29 is 28.6 Å². The van der Waals surface area contributed by atoms with E-state index in [0.717, 1.165) is 83.5 Å². The van der Waals surface area contributed by atoms with E-state index in [2.05, 4.69) is 118 Å². The van der Waals surface area contributed by atoms with Crippen molar-refractivity contribution in [3.8, 4) is 0 Å². The van der Waals surface area contributed by atoms with Gasteiger partial charge in [-0.05, 0) is 83.5 Å². The monoisotopic (exact) mass is 1030 g/mol. The third-order valence-corrected chi connectivity index (χ3v) is 13.1. The van der Waals surface area contributed by atoms with Crippen molar-refractivity contribution in [3.63, 3.8) is 0 Å². The van der Waals surface area contributed by atoms with Gasteiger partial charge in [-0.1, -0.05) is 291 Å². The van der Waals surface area contributed by atoms with Gasteiger partial charge >= 0.3 is 17.9 Å². The second-order valence-electron chi connectivity index (χ2n) is 20.2. The fourth-order valence-electron chi connectivity index (χ4n) is 8.51. The van der Waals surface area contributed by atoms with Crippen LogP contribution in [-0.2, 0) is 28.6 Å². The second-order valence-corrected chi connectivity index (χ2v) is 20.2. The zero-order valence-electron chi connectivity index (χ0n) is 48.3. The zero-order valence-corrected chi connectivity index (χ0v) is 48.3. The molecule has 0 rings (SSSR count). The van der Waals surface area contributed by atoms with Crippen molar-refractivity contribution >= 4 is 17.9 Å². The molecule has 0 fully saturated rings. The molecule has 1 unspecified atom stereocenters. The molecule has 1 atom stereocenters. The van der Waals surface area contributed by atoms with Crippen LogP contribution in [0.25, 0.3) is 0 Å². The molecule has 0 aliphatic rings. The van der Waals surface area contributed by atoms with Crippen LogP contribution in [0.5, 0.6) is 0 Å². The molecule has 0 saturated heterocycles. The fraction of sp³-hybridized carbons (Fsp3) is 0.691. The van der Waals surface area contributed by atoms with E-state index in [1.54, 1.807) is 6.08 Å². The number of unbranched alkanes of at least 4 members (excludes halogenated alkanes) is 27. The number of rotatable bonds is 55. The van der Waals surface area contributed by atoms with Crippen LogP contribution in [0.15, 0.2) is 109 Å². The first-order valence-electron chi connectivity index (χ1n) is 30.9. The van der Waals surface area contributed by atoms with E-state index in [9.17, 15) is 14.4 Å². The summed E-state index contributed by atoms with van der Waals surface area (Å²) >= 11 is 0. The number of carbonyl (C=O) groups is 3. The number of ether oxygens (including phenoxy) is 3. The average Bonchev–Trinajstić information content (AvgIpc) is 3.40. The molecule has 422 valence electrons. The third-order valence-electron chi connectivity index (χ3n) is 13.1. The van der Waals surface area contributed by atoms with Crippen molar-refractivity contribution in [3.05, 3.63) is 109 Å². The molecule has 0 heterocycles. The van der Waals surface area contributed by atoms with Crippen LogP contribution < -0.4 is 0 Å². The van der Waals surface area contributed by atoms with Gasteiger partial charge in [-0.2, -0.15) is 0 Å². The maximum atomic E-state index is 12.8. The van der Waals surface area contributed by atoms with Crippen LogP contribution in [0.3, 0.4) is 0 Å². The Labute approximate surface area is 457 Å². The van der Waals surface area contributed by atoms with Gasteiger partial charge < -0.3 is 14.2 Å². The normalized spacial score (nSPS) is 12.9. The van der Waals surface area contributed by atoms with Gasteiger partial charge in [0.15, 0.2) is 6.10 Å². The molecule has 0 aromatic rings. The molecule has 0 radical (unpaired) electrons. The molecule has 74 heavy (non-hydrogen) atoms.